The normalized spacial score (nSPS) is 10.2. The summed E-state index contributed by atoms with van der Waals surface area (Å²) in [5.41, 5.74) is 0.897. The van der Waals surface area contributed by atoms with Crippen molar-refractivity contribution in [3.63, 3.8) is 0 Å². The van der Waals surface area contributed by atoms with Crippen LogP contribution in [-0.4, -0.2) is 47.1 Å². The van der Waals surface area contributed by atoms with Crippen molar-refractivity contribution in [2.45, 2.75) is 65.0 Å². The van der Waals surface area contributed by atoms with Crippen LogP contribution < -0.4 is 0 Å². The SMILES string of the molecule is C=C(C)C(=O)OCCC[Si](C)(C)O.C=C(C)C(=O)OCCC[Si](C)C.[Y]. The van der Waals surface area contributed by atoms with Crippen LogP contribution in [0.3, 0.4) is 0 Å². The van der Waals surface area contributed by atoms with Crippen molar-refractivity contribution >= 4 is 29.1 Å². The Morgan fingerprint density at radius 3 is 1.65 bits per heavy atom. The zero-order valence-electron chi connectivity index (χ0n) is 17.3. The van der Waals surface area contributed by atoms with E-state index in [0.29, 0.717) is 24.4 Å². The molecule has 0 rings (SSSR count). The molecule has 148 valence electrons. The van der Waals surface area contributed by atoms with Gasteiger partial charge in [-0.2, -0.15) is 0 Å². The van der Waals surface area contributed by atoms with Crippen LogP contribution in [0.5, 0.6) is 0 Å². The van der Waals surface area contributed by atoms with Crippen molar-refractivity contribution in [3.8, 4) is 0 Å². The third-order valence-electron chi connectivity index (χ3n) is 2.92. The molecule has 0 spiro atoms. The standard InChI is InChI=1S/C9H18O3Si.C9H17O2Si.Y/c1-8(2)9(10)12-6-5-7-13(3,4)11;1-8(2)9(10)11-6-5-7-12(3)4;/h11H,1,5-7H2,2-4H3;1,5-7H2,2-4H3;. The summed E-state index contributed by atoms with van der Waals surface area (Å²) in [6, 6.07) is 1.96. The summed E-state index contributed by atoms with van der Waals surface area (Å²) >= 11 is 0. The zero-order chi connectivity index (χ0) is 20.0. The average molecular weight is 477 g/mol. The monoisotopic (exact) mass is 476 g/mol. The minimum Gasteiger partial charge on any atom is -0.462 e. The summed E-state index contributed by atoms with van der Waals surface area (Å²) < 4.78 is 9.80. The molecule has 0 atom stereocenters. The van der Waals surface area contributed by atoms with Gasteiger partial charge in [0.2, 0.25) is 0 Å². The molecule has 0 saturated heterocycles. The van der Waals surface area contributed by atoms with Gasteiger partial charge in [-0.3, -0.25) is 0 Å². The van der Waals surface area contributed by atoms with Crippen LogP contribution in [0.1, 0.15) is 26.7 Å². The molecule has 0 aromatic rings. The molecule has 0 heterocycles. The van der Waals surface area contributed by atoms with Crippen LogP contribution in [0.4, 0.5) is 0 Å². The predicted molar refractivity (Wildman–Crippen MR) is 108 cm³/mol. The smallest absolute Gasteiger partial charge is 0.333 e. The Hall–Kier alpha value is -0.0823. The van der Waals surface area contributed by atoms with Gasteiger partial charge in [-0.15, -0.1) is 0 Å². The third-order valence-corrected chi connectivity index (χ3v) is 5.85. The largest absolute Gasteiger partial charge is 0.462 e. The average Bonchev–Trinajstić information content (AvgIpc) is 2.46. The number of carbonyl (C=O) groups excluding carboxylic acids is 2. The van der Waals surface area contributed by atoms with E-state index in [2.05, 4.69) is 26.3 Å². The molecule has 0 fully saturated rings. The molecule has 0 aliphatic carbocycles. The first kappa shape index (κ1) is 30.6. The third kappa shape index (κ3) is 23.9. The number of hydrogen-bond donors (Lipinski definition) is 1. The Morgan fingerprint density at radius 2 is 1.35 bits per heavy atom. The Balaban J connectivity index is -0.000000393. The molecule has 0 saturated carbocycles. The molecule has 0 aliphatic heterocycles. The summed E-state index contributed by atoms with van der Waals surface area (Å²) in [6.45, 7) is 19.4. The maximum absolute atomic E-state index is 10.9. The Labute approximate surface area is 187 Å². The second-order valence-corrected chi connectivity index (χ2v) is 14.1. The summed E-state index contributed by atoms with van der Waals surface area (Å²) in [6.07, 6.45) is 1.72. The van der Waals surface area contributed by atoms with Crippen molar-refractivity contribution in [2.75, 3.05) is 13.2 Å². The molecule has 0 unspecified atom stereocenters. The molecular weight excluding hydrogens is 441 g/mol. The minimum atomic E-state index is -1.97. The number of rotatable bonds is 10. The van der Waals surface area contributed by atoms with Gasteiger partial charge in [0, 0.05) is 52.7 Å². The number of hydrogen-bond acceptors (Lipinski definition) is 5. The summed E-state index contributed by atoms with van der Waals surface area (Å²) in [7, 11) is -2.14. The first-order chi connectivity index (χ1) is 11.4. The molecule has 0 amide bonds. The molecule has 0 aromatic carbocycles. The summed E-state index contributed by atoms with van der Waals surface area (Å²) in [4.78, 5) is 31.2. The maximum Gasteiger partial charge on any atom is 0.333 e. The quantitative estimate of drug-likeness (QED) is 0.224. The summed E-state index contributed by atoms with van der Waals surface area (Å²) in [5.74, 6) is -0.617. The van der Waals surface area contributed by atoms with E-state index in [9.17, 15) is 14.4 Å². The van der Waals surface area contributed by atoms with E-state index in [1.54, 1.807) is 13.8 Å². The van der Waals surface area contributed by atoms with E-state index >= 15 is 0 Å². The van der Waals surface area contributed by atoms with Gasteiger partial charge in [0.1, 0.15) is 0 Å². The van der Waals surface area contributed by atoms with Crippen molar-refractivity contribution in [1.29, 1.82) is 0 Å². The topological polar surface area (TPSA) is 72.8 Å². The molecule has 2 radical (unpaired) electrons. The Morgan fingerprint density at radius 1 is 0.962 bits per heavy atom. The van der Waals surface area contributed by atoms with Gasteiger partial charge in [-0.25, -0.2) is 9.59 Å². The van der Waals surface area contributed by atoms with Crippen molar-refractivity contribution in [1.82, 2.24) is 0 Å². The van der Waals surface area contributed by atoms with Gasteiger partial charge in [-0.05, 0) is 45.8 Å². The first-order valence-electron chi connectivity index (χ1n) is 8.53. The van der Waals surface area contributed by atoms with E-state index < -0.39 is 8.32 Å². The van der Waals surface area contributed by atoms with Crippen LogP contribution in [0.25, 0.3) is 0 Å². The molecule has 8 heteroatoms. The van der Waals surface area contributed by atoms with Crippen LogP contribution >= 0.6 is 0 Å². The van der Waals surface area contributed by atoms with Gasteiger partial charge >= 0.3 is 11.9 Å². The first-order valence-corrected chi connectivity index (χ1v) is 14.4. The fourth-order valence-corrected chi connectivity index (χ4v) is 3.37. The molecule has 5 nitrogen and oxygen atoms in total. The van der Waals surface area contributed by atoms with Crippen molar-refractivity contribution in [2.24, 2.45) is 0 Å². The van der Waals surface area contributed by atoms with E-state index in [1.807, 2.05) is 13.1 Å². The second kappa shape index (κ2) is 17.0. The van der Waals surface area contributed by atoms with E-state index in [4.69, 9.17) is 9.47 Å². The number of carbonyl (C=O) groups is 2. The fourth-order valence-electron chi connectivity index (χ4n) is 1.51. The fraction of sp³-hybridized carbons (Fsp3) is 0.667. The molecule has 1 N–H and O–H groups in total. The van der Waals surface area contributed by atoms with Gasteiger partial charge in [-0.1, -0.05) is 32.3 Å². The summed E-state index contributed by atoms with van der Waals surface area (Å²) in [5, 5.41) is 0. The zero-order valence-corrected chi connectivity index (χ0v) is 22.2. The van der Waals surface area contributed by atoms with E-state index in [1.165, 1.54) is 6.04 Å². The van der Waals surface area contributed by atoms with Crippen LogP contribution in [0.15, 0.2) is 24.3 Å². The maximum atomic E-state index is 10.9. The van der Waals surface area contributed by atoms with E-state index in [-0.39, 0.29) is 53.4 Å². The van der Waals surface area contributed by atoms with Crippen LogP contribution in [0.2, 0.25) is 38.3 Å². The minimum absolute atomic E-state index is 0. The molecule has 26 heavy (non-hydrogen) atoms. The molecule has 0 aliphatic rings. The Bertz CT molecular complexity index is 445. The van der Waals surface area contributed by atoms with Crippen LogP contribution in [0, 0.1) is 0 Å². The molecular formula is C18H35O5Si2Y. The van der Waals surface area contributed by atoms with Gasteiger partial charge in [0.05, 0.1) is 13.2 Å². The Kier molecular flexibility index (Phi) is 20.1. The van der Waals surface area contributed by atoms with Gasteiger partial charge < -0.3 is 14.3 Å². The van der Waals surface area contributed by atoms with Gasteiger partial charge in [0.15, 0.2) is 8.32 Å². The predicted octanol–water partition coefficient (Wildman–Crippen LogP) is 3.94. The molecule has 0 aromatic heterocycles. The van der Waals surface area contributed by atoms with Crippen molar-refractivity contribution < 1.29 is 56.6 Å². The van der Waals surface area contributed by atoms with E-state index in [0.717, 1.165) is 18.9 Å². The van der Waals surface area contributed by atoms with Crippen LogP contribution in [-0.2, 0) is 51.8 Å². The second-order valence-electron chi connectivity index (χ2n) is 7.06. The van der Waals surface area contributed by atoms with Crippen molar-refractivity contribution in [3.05, 3.63) is 24.3 Å². The number of esters is 2. The molecule has 0 bridgehead atoms. The number of ether oxygens (including phenoxy) is 2. The van der Waals surface area contributed by atoms with Gasteiger partial charge in [0.25, 0.3) is 0 Å².